The lowest BCUT2D eigenvalue weighted by Crippen LogP contribution is -1.94. The zero-order chi connectivity index (χ0) is 17.9. The average Bonchev–Trinajstić information content (AvgIpc) is 3.10. The quantitative estimate of drug-likeness (QED) is 0.444. The summed E-state index contributed by atoms with van der Waals surface area (Å²) in [5, 5.41) is 10.7. The van der Waals surface area contributed by atoms with Gasteiger partial charge in [0.15, 0.2) is 0 Å². The van der Waals surface area contributed by atoms with Gasteiger partial charge in [-0.2, -0.15) is 0 Å². The molecule has 0 saturated heterocycles. The van der Waals surface area contributed by atoms with Crippen molar-refractivity contribution in [2.45, 2.75) is 11.6 Å². The highest BCUT2D eigenvalue weighted by Gasteiger charge is 2.16. The predicted molar refractivity (Wildman–Crippen MR) is 103 cm³/mol. The van der Waals surface area contributed by atoms with Crippen LogP contribution in [0.15, 0.2) is 76.4 Å². The normalized spacial score (nSPS) is 11.0. The monoisotopic (exact) mass is 380 g/mol. The Kier molecular flexibility index (Phi) is 4.73. The van der Waals surface area contributed by atoms with Gasteiger partial charge in [-0.3, -0.25) is 4.79 Å². The fourth-order valence-electron chi connectivity index (χ4n) is 2.67. The molecule has 0 atom stereocenters. The Morgan fingerprint density at radius 1 is 0.962 bits per heavy atom. The summed E-state index contributed by atoms with van der Waals surface area (Å²) in [4.78, 5) is 12.7. The van der Waals surface area contributed by atoms with Gasteiger partial charge < -0.3 is 4.42 Å². The number of aromatic nitrogens is 2. The first kappa shape index (κ1) is 16.8. The van der Waals surface area contributed by atoms with E-state index in [2.05, 4.69) is 10.2 Å². The third-order valence-electron chi connectivity index (χ3n) is 3.91. The lowest BCUT2D eigenvalue weighted by molar-refractivity contribution is 0.108. The fourth-order valence-corrected chi connectivity index (χ4v) is 3.46. The minimum absolute atomic E-state index is 0.122. The highest BCUT2D eigenvalue weighted by molar-refractivity contribution is 8.14. The summed E-state index contributed by atoms with van der Waals surface area (Å²) in [6.07, 6.45) is 0.493. The number of carbonyl (C=O) groups excluding carboxylic acids is 1. The van der Waals surface area contributed by atoms with E-state index >= 15 is 0 Å². The van der Waals surface area contributed by atoms with Crippen molar-refractivity contribution in [2.75, 3.05) is 0 Å². The summed E-state index contributed by atoms with van der Waals surface area (Å²) in [6, 6.07) is 20.9. The van der Waals surface area contributed by atoms with E-state index in [1.54, 1.807) is 0 Å². The molecule has 26 heavy (non-hydrogen) atoms. The number of hydrogen-bond donors (Lipinski definition) is 0. The molecule has 0 radical (unpaired) electrons. The Morgan fingerprint density at radius 2 is 1.73 bits per heavy atom. The Labute approximate surface area is 159 Å². The predicted octanol–water partition coefficient (Wildman–Crippen LogP) is 5.40. The van der Waals surface area contributed by atoms with Gasteiger partial charge in [0.1, 0.15) is 0 Å². The summed E-state index contributed by atoms with van der Waals surface area (Å²) >= 11 is 6.83. The third kappa shape index (κ3) is 3.64. The molecule has 0 bridgehead atoms. The van der Waals surface area contributed by atoms with Crippen molar-refractivity contribution in [1.82, 2.24) is 10.2 Å². The molecule has 4 rings (SSSR count). The van der Waals surface area contributed by atoms with Gasteiger partial charge in [0, 0.05) is 22.3 Å². The number of fused-ring (bicyclic) bond motifs is 1. The summed E-state index contributed by atoms with van der Waals surface area (Å²) in [7, 11) is 0. The molecule has 0 aliphatic rings. The molecular weight excluding hydrogens is 368 g/mol. The molecule has 128 valence electrons. The molecule has 4 aromatic rings. The number of hydrogen-bond acceptors (Lipinski definition) is 5. The van der Waals surface area contributed by atoms with E-state index < -0.39 is 0 Å². The zero-order valence-corrected chi connectivity index (χ0v) is 15.1. The van der Waals surface area contributed by atoms with Crippen molar-refractivity contribution in [3.63, 3.8) is 0 Å². The highest BCUT2D eigenvalue weighted by atomic mass is 35.5. The van der Waals surface area contributed by atoms with Gasteiger partial charge in [0.05, 0.1) is 6.42 Å². The van der Waals surface area contributed by atoms with Crippen LogP contribution in [0, 0.1) is 0 Å². The summed E-state index contributed by atoms with van der Waals surface area (Å²) in [5.41, 5.74) is 1.64. The molecule has 6 heteroatoms. The standard InChI is InChI=1S/C20H13ClN2O2S/c21-15-10-8-13(9-11-15)12-18-22-23-20(25-18)26-19(24)17-7-3-5-14-4-1-2-6-16(14)17/h1-11H,12H2. The second-order valence-electron chi connectivity index (χ2n) is 5.68. The zero-order valence-electron chi connectivity index (χ0n) is 13.6. The number of thioether (sulfide) groups is 1. The molecule has 0 unspecified atom stereocenters. The van der Waals surface area contributed by atoms with E-state index in [0.717, 1.165) is 28.1 Å². The number of benzene rings is 3. The van der Waals surface area contributed by atoms with Crippen molar-refractivity contribution < 1.29 is 9.21 Å². The SMILES string of the molecule is O=C(Sc1nnc(Cc2ccc(Cl)cc2)o1)c1cccc2ccccc12. The largest absolute Gasteiger partial charge is 0.415 e. The molecule has 0 amide bonds. The Bertz CT molecular complexity index is 1070. The third-order valence-corrected chi connectivity index (χ3v) is 4.90. The van der Waals surface area contributed by atoms with Crippen molar-refractivity contribution in [2.24, 2.45) is 0 Å². The van der Waals surface area contributed by atoms with E-state index in [-0.39, 0.29) is 10.3 Å². The van der Waals surface area contributed by atoms with Crippen molar-refractivity contribution in [3.05, 3.63) is 88.8 Å². The van der Waals surface area contributed by atoms with Crippen molar-refractivity contribution >= 4 is 39.3 Å². The number of nitrogens with zero attached hydrogens (tertiary/aromatic N) is 2. The van der Waals surface area contributed by atoms with Gasteiger partial charge in [0.2, 0.25) is 11.0 Å². The first-order valence-electron chi connectivity index (χ1n) is 7.96. The minimum Gasteiger partial charge on any atom is -0.415 e. The van der Waals surface area contributed by atoms with Crippen LogP contribution in [0.5, 0.6) is 0 Å². The molecule has 1 heterocycles. The summed E-state index contributed by atoms with van der Waals surface area (Å²) < 4.78 is 5.61. The number of rotatable bonds is 4. The van der Waals surface area contributed by atoms with Crippen molar-refractivity contribution in [1.29, 1.82) is 0 Å². The van der Waals surface area contributed by atoms with E-state index in [1.165, 1.54) is 0 Å². The van der Waals surface area contributed by atoms with Gasteiger partial charge >= 0.3 is 0 Å². The fraction of sp³-hybridized carbons (Fsp3) is 0.0500. The van der Waals surface area contributed by atoms with Gasteiger partial charge in [-0.15, -0.1) is 10.2 Å². The van der Waals surface area contributed by atoms with Gasteiger partial charge in [-0.05, 0) is 34.5 Å². The highest BCUT2D eigenvalue weighted by Crippen LogP contribution is 2.27. The second-order valence-corrected chi connectivity index (χ2v) is 7.04. The van der Waals surface area contributed by atoms with Gasteiger partial charge in [-0.1, -0.05) is 60.1 Å². The van der Waals surface area contributed by atoms with Gasteiger partial charge in [0.25, 0.3) is 5.22 Å². The van der Waals surface area contributed by atoms with Crippen LogP contribution in [0.25, 0.3) is 10.8 Å². The Hall–Kier alpha value is -2.63. The molecule has 0 N–H and O–H groups in total. The molecule has 0 aliphatic carbocycles. The molecule has 0 saturated carbocycles. The van der Waals surface area contributed by atoms with Crippen LogP contribution in [-0.4, -0.2) is 15.3 Å². The lowest BCUT2D eigenvalue weighted by atomic mass is 10.1. The van der Waals surface area contributed by atoms with Crippen molar-refractivity contribution in [3.8, 4) is 0 Å². The number of halogens is 1. The molecule has 0 spiro atoms. The minimum atomic E-state index is -0.122. The summed E-state index contributed by atoms with van der Waals surface area (Å²) in [6.45, 7) is 0. The maximum absolute atomic E-state index is 12.7. The van der Waals surface area contributed by atoms with Crippen LogP contribution in [0.1, 0.15) is 21.8 Å². The molecule has 0 aliphatic heterocycles. The van der Waals surface area contributed by atoms with E-state index in [0.29, 0.717) is 22.9 Å². The molecule has 4 nitrogen and oxygen atoms in total. The maximum Gasteiger partial charge on any atom is 0.284 e. The second kappa shape index (κ2) is 7.32. The first-order valence-corrected chi connectivity index (χ1v) is 9.15. The topological polar surface area (TPSA) is 56.0 Å². The van der Waals surface area contributed by atoms with E-state index in [4.69, 9.17) is 16.0 Å². The lowest BCUT2D eigenvalue weighted by Gasteiger charge is -2.03. The Balaban J connectivity index is 1.51. The maximum atomic E-state index is 12.7. The molecular formula is C20H13ClN2O2S. The molecule has 3 aromatic carbocycles. The van der Waals surface area contributed by atoms with Crippen LogP contribution in [-0.2, 0) is 6.42 Å². The summed E-state index contributed by atoms with van der Waals surface area (Å²) in [5.74, 6) is 0.459. The van der Waals surface area contributed by atoms with E-state index in [1.807, 2.05) is 66.7 Å². The molecule has 1 aromatic heterocycles. The first-order chi connectivity index (χ1) is 12.7. The van der Waals surface area contributed by atoms with E-state index in [9.17, 15) is 4.79 Å². The molecule has 0 fully saturated rings. The average molecular weight is 381 g/mol. The van der Waals surface area contributed by atoms with Crippen LogP contribution < -0.4 is 0 Å². The smallest absolute Gasteiger partial charge is 0.284 e. The van der Waals surface area contributed by atoms with Crippen LogP contribution in [0.4, 0.5) is 0 Å². The van der Waals surface area contributed by atoms with Crippen LogP contribution in [0.3, 0.4) is 0 Å². The number of carbonyl (C=O) groups is 1. The van der Waals surface area contributed by atoms with Gasteiger partial charge in [-0.25, -0.2) is 0 Å². The van der Waals surface area contributed by atoms with Crippen LogP contribution >= 0.6 is 23.4 Å². The Morgan fingerprint density at radius 3 is 2.58 bits per heavy atom. The van der Waals surface area contributed by atoms with Crippen LogP contribution in [0.2, 0.25) is 5.02 Å².